The second-order valence-corrected chi connectivity index (χ2v) is 9.10. The van der Waals surface area contributed by atoms with Crippen molar-refractivity contribution in [3.05, 3.63) is 34.7 Å². The molecule has 1 aromatic heterocycles. The first kappa shape index (κ1) is 17.9. The number of likely N-dealkylation sites (tertiary alicyclic amines) is 1. The second kappa shape index (κ2) is 7.32. The number of nitrogens with one attached hydrogen (secondary N) is 1. The number of piperidine rings is 1. The fourth-order valence-corrected chi connectivity index (χ4v) is 5.08. The topological polar surface area (TPSA) is 62.3 Å². The molecule has 0 atom stereocenters. The van der Waals surface area contributed by atoms with E-state index >= 15 is 0 Å². The monoisotopic (exact) mass is 395 g/mol. The minimum Gasteiger partial charge on any atom is -0.342 e. The number of rotatable bonds is 4. The van der Waals surface area contributed by atoms with Crippen LogP contribution in [-0.2, 0) is 22.4 Å². The lowest BCUT2D eigenvalue weighted by molar-refractivity contribution is -0.135. The summed E-state index contributed by atoms with van der Waals surface area (Å²) in [6, 6.07) is 6.60. The van der Waals surface area contributed by atoms with E-state index < -0.39 is 0 Å². The molecular weight excluding hydrogens is 370 g/mol. The van der Waals surface area contributed by atoms with Crippen molar-refractivity contribution in [3.63, 3.8) is 0 Å². The summed E-state index contributed by atoms with van der Waals surface area (Å²) >= 11 is 1.48. The lowest BCUT2D eigenvalue weighted by Gasteiger charge is -2.31. The molecule has 0 radical (unpaired) electrons. The number of nitrogens with zero attached hydrogens (tertiary/aromatic N) is 2. The molecule has 1 aliphatic heterocycles. The Hall–Kier alpha value is -2.21. The molecule has 2 aromatic rings. The van der Waals surface area contributed by atoms with Crippen molar-refractivity contribution in [1.29, 1.82) is 0 Å². The molecule has 6 heteroatoms. The Balaban J connectivity index is 1.19. The van der Waals surface area contributed by atoms with Gasteiger partial charge in [0.05, 0.1) is 5.69 Å². The van der Waals surface area contributed by atoms with Gasteiger partial charge in [0, 0.05) is 35.9 Å². The van der Waals surface area contributed by atoms with Gasteiger partial charge in [-0.25, -0.2) is 4.98 Å². The molecule has 1 aromatic carbocycles. The van der Waals surface area contributed by atoms with Gasteiger partial charge in [0.2, 0.25) is 11.8 Å². The van der Waals surface area contributed by atoms with Crippen LogP contribution in [0.25, 0.3) is 11.3 Å². The molecule has 3 aliphatic rings. The highest BCUT2D eigenvalue weighted by atomic mass is 32.1. The molecule has 2 aliphatic carbocycles. The van der Waals surface area contributed by atoms with Crippen molar-refractivity contribution in [2.45, 2.75) is 44.9 Å². The Morgan fingerprint density at radius 2 is 1.82 bits per heavy atom. The van der Waals surface area contributed by atoms with Crippen LogP contribution in [0.2, 0.25) is 0 Å². The number of aryl methyl sites for hydroxylation is 2. The van der Waals surface area contributed by atoms with Crippen LogP contribution in [0.15, 0.2) is 23.6 Å². The molecule has 146 valence electrons. The van der Waals surface area contributed by atoms with E-state index in [2.05, 4.69) is 28.5 Å². The largest absolute Gasteiger partial charge is 0.342 e. The first-order chi connectivity index (χ1) is 13.7. The molecule has 1 N–H and O–H groups in total. The molecule has 2 amide bonds. The summed E-state index contributed by atoms with van der Waals surface area (Å²) < 4.78 is 0. The lowest BCUT2D eigenvalue weighted by atomic mass is 9.95. The minimum absolute atomic E-state index is 0.0319. The zero-order valence-corrected chi connectivity index (χ0v) is 16.8. The van der Waals surface area contributed by atoms with Gasteiger partial charge in [-0.1, -0.05) is 12.1 Å². The van der Waals surface area contributed by atoms with Gasteiger partial charge in [0.25, 0.3) is 0 Å². The highest BCUT2D eigenvalue weighted by Crippen LogP contribution is 2.33. The summed E-state index contributed by atoms with van der Waals surface area (Å²) in [5, 5.41) is 5.68. The lowest BCUT2D eigenvalue weighted by Crippen LogP contribution is -2.42. The van der Waals surface area contributed by atoms with Crippen molar-refractivity contribution < 1.29 is 9.59 Å². The van der Waals surface area contributed by atoms with E-state index in [4.69, 9.17) is 0 Å². The maximum atomic E-state index is 12.6. The summed E-state index contributed by atoms with van der Waals surface area (Å²) in [5.74, 6) is 0.556. The number of aromatic nitrogens is 1. The molecule has 1 saturated heterocycles. The number of benzene rings is 1. The van der Waals surface area contributed by atoms with E-state index in [0.29, 0.717) is 18.2 Å². The predicted octanol–water partition coefficient (Wildman–Crippen LogP) is 3.89. The zero-order chi connectivity index (χ0) is 19.1. The number of amides is 2. The maximum absolute atomic E-state index is 12.6. The van der Waals surface area contributed by atoms with Gasteiger partial charge in [0.1, 0.15) is 0 Å². The van der Waals surface area contributed by atoms with E-state index in [-0.39, 0.29) is 23.7 Å². The third-order valence-electron chi connectivity index (χ3n) is 6.23. The van der Waals surface area contributed by atoms with Crippen LogP contribution in [-0.4, -0.2) is 34.8 Å². The Kier molecular flexibility index (Phi) is 4.67. The quantitative estimate of drug-likeness (QED) is 0.854. The van der Waals surface area contributed by atoms with Crippen molar-refractivity contribution >= 4 is 28.3 Å². The Morgan fingerprint density at radius 3 is 2.61 bits per heavy atom. The summed E-state index contributed by atoms with van der Waals surface area (Å²) in [7, 11) is 0. The number of hydrogen-bond acceptors (Lipinski definition) is 4. The van der Waals surface area contributed by atoms with Crippen LogP contribution in [0, 0.1) is 11.8 Å². The highest BCUT2D eigenvalue weighted by molar-refractivity contribution is 7.14. The summed E-state index contributed by atoms with van der Waals surface area (Å²) in [5.41, 5.74) is 4.95. The molecule has 0 bridgehead atoms. The summed E-state index contributed by atoms with van der Waals surface area (Å²) in [6.07, 6.45) is 7.13. The number of hydrogen-bond donors (Lipinski definition) is 1. The Bertz CT molecular complexity index is 910. The molecule has 0 spiro atoms. The number of thiazole rings is 1. The van der Waals surface area contributed by atoms with E-state index in [1.54, 1.807) is 0 Å². The highest BCUT2D eigenvalue weighted by Gasteiger charge is 2.36. The van der Waals surface area contributed by atoms with Crippen molar-refractivity contribution in [3.8, 4) is 11.3 Å². The van der Waals surface area contributed by atoms with Gasteiger partial charge in [0.15, 0.2) is 5.13 Å². The number of anilines is 1. The van der Waals surface area contributed by atoms with Crippen LogP contribution >= 0.6 is 11.3 Å². The first-order valence-electron chi connectivity index (χ1n) is 10.3. The third-order valence-corrected chi connectivity index (χ3v) is 6.99. The molecule has 28 heavy (non-hydrogen) atoms. The summed E-state index contributed by atoms with van der Waals surface area (Å²) in [6.45, 7) is 1.40. The summed E-state index contributed by atoms with van der Waals surface area (Å²) in [4.78, 5) is 31.4. The standard InChI is InChI=1S/C22H25N3O2S/c26-20(15-8-10-25(11-9-15)21(27)16-5-6-16)24-22-23-19(13-28-22)18-7-4-14-2-1-3-17(14)12-18/h4,7,12-13,15-16H,1-3,5-6,8-11H2,(H,23,24,26). The molecule has 5 rings (SSSR count). The molecule has 0 unspecified atom stereocenters. The van der Waals surface area contributed by atoms with Gasteiger partial charge in [-0.2, -0.15) is 0 Å². The molecular formula is C22H25N3O2S. The second-order valence-electron chi connectivity index (χ2n) is 8.24. The Labute approximate surface area is 169 Å². The van der Waals surface area contributed by atoms with E-state index in [1.165, 1.54) is 35.3 Å². The predicted molar refractivity (Wildman–Crippen MR) is 110 cm³/mol. The van der Waals surface area contributed by atoms with Gasteiger partial charge in [-0.05, 0) is 62.1 Å². The third kappa shape index (κ3) is 3.58. The number of carbonyl (C=O) groups is 2. The normalized spacial score (nSPS) is 19.5. The first-order valence-corrected chi connectivity index (χ1v) is 11.2. The smallest absolute Gasteiger partial charge is 0.229 e. The average molecular weight is 396 g/mol. The minimum atomic E-state index is -0.0319. The van der Waals surface area contributed by atoms with Gasteiger partial charge in [-0.15, -0.1) is 11.3 Å². The van der Waals surface area contributed by atoms with Gasteiger partial charge < -0.3 is 10.2 Å². The van der Waals surface area contributed by atoms with Crippen molar-refractivity contribution in [2.24, 2.45) is 11.8 Å². The van der Waals surface area contributed by atoms with Crippen molar-refractivity contribution in [1.82, 2.24) is 9.88 Å². The van der Waals surface area contributed by atoms with Gasteiger partial charge >= 0.3 is 0 Å². The van der Waals surface area contributed by atoms with Crippen molar-refractivity contribution in [2.75, 3.05) is 18.4 Å². The maximum Gasteiger partial charge on any atom is 0.229 e. The Morgan fingerprint density at radius 1 is 1.04 bits per heavy atom. The van der Waals surface area contributed by atoms with Crippen LogP contribution < -0.4 is 5.32 Å². The van der Waals surface area contributed by atoms with E-state index in [1.807, 2.05) is 10.3 Å². The van der Waals surface area contributed by atoms with E-state index in [0.717, 1.165) is 43.4 Å². The SMILES string of the molecule is O=C(Nc1nc(-c2ccc3c(c2)CCC3)cs1)C1CCN(C(=O)C2CC2)CC1. The van der Waals surface area contributed by atoms with Crippen LogP contribution in [0.5, 0.6) is 0 Å². The fraction of sp³-hybridized carbons (Fsp3) is 0.500. The average Bonchev–Trinajstić information content (AvgIpc) is 3.28. The van der Waals surface area contributed by atoms with E-state index in [9.17, 15) is 9.59 Å². The zero-order valence-electron chi connectivity index (χ0n) is 15.9. The molecule has 5 nitrogen and oxygen atoms in total. The van der Waals surface area contributed by atoms with Crippen LogP contribution in [0.3, 0.4) is 0 Å². The number of carbonyl (C=O) groups excluding carboxylic acids is 2. The number of fused-ring (bicyclic) bond motifs is 1. The van der Waals surface area contributed by atoms with Gasteiger partial charge in [-0.3, -0.25) is 9.59 Å². The van der Waals surface area contributed by atoms with Crippen LogP contribution in [0.4, 0.5) is 5.13 Å². The molecule has 1 saturated carbocycles. The fourth-order valence-electron chi connectivity index (χ4n) is 4.35. The molecule has 2 heterocycles. The van der Waals surface area contributed by atoms with Crippen LogP contribution in [0.1, 0.15) is 43.2 Å². The molecule has 2 fully saturated rings.